The second-order valence-corrected chi connectivity index (χ2v) is 9.52. The Labute approximate surface area is 173 Å². The highest BCUT2D eigenvalue weighted by atomic mass is 32.2. The maximum atomic E-state index is 13.8. The Balaban J connectivity index is 1.99. The number of hydrogen-bond acceptors (Lipinski definition) is 6. The lowest BCUT2D eigenvalue weighted by molar-refractivity contribution is 0.170. The molecular weight excluding hydrogens is 386 g/mol. The highest BCUT2D eigenvalue weighted by Crippen LogP contribution is 2.36. The van der Waals surface area contributed by atoms with Crippen LogP contribution < -0.4 is 5.43 Å². The lowest BCUT2D eigenvalue weighted by atomic mass is 9.91. The van der Waals surface area contributed by atoms with Gasteiger partial charge in [-0.1, -0.05) is 50.7 Å². The number of rotatable bonds is 6. The van der Waals surface area contributed by atoms with E-state index in [9.17, 15) is 8.42 Å². The standard InChI is InChI=1S/C21H27N5O2S/c22-15-17(16-23)24-25-20-13-7-8-14-21(20)29(27,28)26(18-9-3-1-4-10-18)19-11-5-2-6-12-19/h7-8,13-14,18-19,25H,1-6,9-12H2. The largest absolute Gasteiger partial charge is 0.275 e. The van der Waals surface area contributed by atoms with Gasteiger partial charge in [0.15, 0.2) is 0 Å². The molecule has 154 valence electrons. The minimum absolute atomic E-state index is 0.0298. The van der Waals surface area contributed by atoms with Crippen molar-refractivity contribution in [2.75, 3.05) is 5.43 Å². The topological polar surface area (TPSA) is 109 Å². The Kier molecular flexibility index (Phi) is 7.24. The van der Waals surface area contributed by atoms with E-state index in [1.807, 2.05) is 0 Å². The monoisotopic (exact) mass is 413 g/mol. The first-order chi connectivity index (χ1) is 14.1. The van der Waals surface area contributed by atoms with Crippen LogP contribution in [0.2, 0.25) is 0 Å². The number of benzene rings is 1. The molecule has 7 nitrogen and oxygen atoms in total. The average molecular weight is 414 g/mol. The van der Waals surface area contributed by atoms with E-state index in [4.69, 9.17) is 10.5 Å². The summed E-state index contributed by atoms with van der Waals surface area (Å²) in [5, 5.41) is 21.5. The van der Waals surface area contributed by atoms with E-state index < -0.39 is 10.0 Å². The molecular formula is C21H27N5O2S. The highest BCUT2D eigenvalue weighted by Gasteiger charge is 2.39. The Morgan fingerprint density at radius 2 is 1.45 bits per heavy atom. The number of nitrogens with one attached hydrogen (secondary N) is 1. The molecule has 0 heterocycles. The fraction of sp³-hybridized carbons (Fsp3) is 0.571. The van der Waals surface area contributed by atoms with Crippen LogP contribution in [-0.2, 0) is 10.0 Å². The summed E-state index contributed by atoms with van der Waals surface area (Å²) in [6.07, 6.45) is 10.1. The summed E-state index contributed by atoms with van der Waals surface area (Å²) < 4.78 is 29.5. The second kappa shape index (κ2) is 9.87. The maximum absolute atomic E-state index is 13.8. The van der Waals surface area contributed by atoms with Crippen LogP contribution in [0, 0.1) is 22.7 Å². The van der Waals surface area contributed by atoms with Gasteiger partial charge in [-0.25, -0.2) is 8.42 Å². The van der Waals surface area contributed by atoms with Crippen LogP contribution in [0.5, 0.6) is 0 Å². The van der Waals surface area contributed by atoms with Crippen molar-refractivity contribution in [3.8, 4) is 12.1 Å². The molecule has 2 fully saturated rings. The molecule has 8 heteroatoms. The van der Waals surface area contributed by atoms with Crippen LogP contribution in [0.3, 0.4) is 0 Å². The molecule has 0 radical (unpaired) electrons. The van der Waals surface area contributed by atoms with E-state index >= 15 is 0 Å². The molecule has 0 spiro atoms. The summed E-state index contributed by atoms with van der Waals surface area (Å²) >= 11 is 0. The predicted molar refractivity (Wildman–Crippen MR) is 111 cm³/mol. The van der Waals surface area contributed by atoms with E-state index in [1.165, 1.54) is 0 Å². The summed E-state index contributed by atoms with van der Waals surface area (Å²) in [6.45, 7) is 0. The molecule has 0 aromatic heterocycles. The van der Waals surface area contributed by atoms with Crippen LogP contribution in [-0.4, -0.2) is 30.5 Å². The summed E-state index contributed by atoms with van der Waals surface area (Å²) in [5.41, 5.74) is 2.55. The Bertz CT molecular complexity index is 883. The number of nitrogens with zero attached hydrogens (tertiary/aromatic N) is 4. The molecule has 0 saturated heterocycles. The zero-order chi connectivity index (χ0) is 20.7. The molecule has 3 rings (SSSR count). The molecule has 0 bridgehead atoms. The van der Waals surface area contributed by atoms with Gasteiger partial charge in [0.1, 0.15) is 17.0 Å². The average Bonchev–Trinajstić information content (AvgIpc) is 2.76. The van der Waals surface area contributed by atoms with Crippen molar-refractivity contribution in [2.45, 2.75) is 81.2 Å². The van der Waals surface area contributed by atoms with Gasteiger partial charge in [0.05, 0.1) is 5.69 Å². The SMILES string of the molecule is N#CC(C#N)=NNc1ccccc1S(=O)(=O)N(C1CCCCC1)C1CCCCC1. The van der Waals surface area contributed by atoms with E-state index in [0.29, 0.717) is 0 Å². The summed E-state index contributed by atoms with van der Waals surface area (Å²) in [6, 6.07) is 9.99. The van der Waals surface area contributed by atoms with Crippen molar-refractivity contribution < 1.29 is 8.42 Å². The van der Waals surface area contributed by atoms with E-state index in [-0.39, 0.29) is 28.4 Å². The molecule has 0 amide bonds. The van der Waals surface area contributed by atoms with Crippen LogP contribution >= 0.6 is 0 Å². The smallest absolute Gasteiger partial charge is 0.245 e. The Morgan fingerprint density at radius 1 is 0.931 bits per heavy atom. The van der Waals surface area contributed by atoms with Crippen LogP contribution in [0.1, 0.15) is 64.2 Å². The zero-order valence-electron chi connectivity index (χ0n) is 16.5. The normalized spacial score (nSPS) is 18.6. The van der Waals surface area contributed by atoms with E-state index in [2.05, 4.69) is 10.5 Å². The number of hydrazone groups is 1. The van der Waals surface area contributed by atoms with Gasteiger partial charge in [-0.05, 0) is 37.8 Å². The quantitative estimate of drug-likeness (QED) is 0.556. The molecule has 0 aliphatic heterocycles. The van der Waals surface area contributed by atoms with Crippen molar-refractivity contribution in [3.05, 3.63) is 24.3 Å². The van der Waals surface area contributed by atoms with Crippen molar-refractivity contribution in [1.29, 1.82) is 10.5 Å². The third-order valence-corrected chi connectivity index (χ3v) is 7.87. The zero-order valence-corrected chi connectivity index (χ0v) is 17.4. The fourth-order valence-corrected chi connectivity index (χ4v) is 6.53. The molecule has 0 atom stereocenters. The summed E-state index contributed by atoms with van der Waals surface area (Å²) in [4.78, 5) is 0.148. The second-order valence-electron chi connectivity index (χ2n) is 7.71. The third kappa shape index (κ3) is 4.95. The Hall–Kier alpha value is -2.42. The van der Waals surface area contributed by atoms with Crippen molar-refractivity contribution in [2.24, 2.45) is 5.10 Å². The van der Waals surface area contributed by atoms with Crippen LogP contribution in [0.4, 0.5) is 5.69 Å². The number of anilines is 1. The lowest BCUT2D eigenvalue weighted by Gasteiger charge is -2.40. The lowest BCUT2D eigenvalue weighted by Crippen LogP contribution is -2.48. The van der Waals surface area contributed by atoms with Gasteiger partial charge >= 0.3 is 0 Å². The molecule has 2 saturated carbocycles. The molecule has 0 unspecified atom stereocenters. The van der Waals surface area contributed by atoms with E-state index in [1.54, 1.807) is 40.7 Å². The van der Waals surface area contributed by atoms with Gasteiger partial charge in [0, 0.05) is 12.1 Å². The molecule has 1 aromatic rings. The van der Waals surface area contributed by atoms with Crippen molar-refractivity contribution in [3.63, 3.8) is 0 Å². The fourth-order valence-electron chi connectivity index (χ4n) is 4.45. The van der Waals surface area contributed by atoms with Gasteiger partial charge in [0.2, 0.25) is 15.7 Å². The third-order valence-electron chi connectivity index (χ3n) is 5.81. The predicted octanol–water partition coefficient (Wildman–Crippen LogP) is 4.16. The first kappa shape index (κ1) is 21.3. The van der Waals surface area contributed by atoms with Gasteiger partial charge in [-0.2, -0.15) is 19.9 Å². The van der Waals surface area contributed by atoms with Crippen molar-refractivity contribution >= 4 is 21.4 Å². The highest BCUT2D eigenvalue weighted by molar-refractivity contribution is 7.89. The van der Waals surface area contributed by atoms with Crippen LogP contribution in [0.25, 0.3) is 0 Å². The Morgan fingerprint density at radius 3 is 1.97 bits per heavy atom. The number of para-hydroxylation sites is 1. The number of sulfonamides is 1. The van der Waals surface area contributed by atoms with Gasteiger partial charge in [0.25, 0.3) is 0 Å². The molecule has 29 heavy (non-hydrogen) atoms. The minimum atomic E-state index is -3.76. The van der Waals surface area contributed by atoms with Crippen LogP contribution in [0.15, 0.2) is 34.3 Å². The first-order valence-corrected chi connectivity index (χ1v) is 11.8. The minimum Gasteiger partial charge on any atom is -0.275 e. The molecule has 1 N–H and O–H groups in total. The first-order valence-electron chi connectivity index (χ1n) is 10.3. The van der Waals surface area contributed by atoms with Gasteiger partial charge in [-0.3, -0.25) is 5.43 Å². The van der Waals surface area contributed by atoms with E-state index in [0.717, 1.165) is 64.2 Å². The summed E-state index contributed by atoms with van der Waals surface area (Å²) in [5.74, 6) is 0. The summed E-state index contributed by atoms with van der Waals surface area (Å²) in [7, 11) is -3.76. The number of hydrogen-bond donors (Lipinski definition) is 1. The van der Waals surface area contributed by atoms with Gasteiger partial charge < -0.3 is 0 Å². The molecule has 1 aromatic carbocycles. The molecule has 2 aliphatic carbocycles. The van der Waals surface area contributed by atoms with Crippen molar-refractivity contribution in [1.82, 2.24) is 4.31 Å². The molecule has 2 aliphatic rings. The number of nitriles is 2. The maximum Gasteiger partial charge on any atom is 0.245 e. The van der Waals surface area contributed by atoms with Gasteiger partial charge in [-0.15, -0.1) is 0 Å².